The van der Waals surface area contributed by atoms with Gasteiger partial charge in [0.15, 0.2) is 17.0 Å². The van der Waals surface area contributed by atoms with Crippen LogP contribution in [0.25, 0.3) is 11.1 Å². The number of nitrogens with two attached hydrogens (primary N) is 2. The van der Waals surface area contributed by atoms with Crippen LogP contribution in [0, 0.1) is 20.8 Å². The van der Waals surface area contributed by atoms with E-state index in [1.54, 1.807) is 39.4 Å². The third-order valence-corrected chi connectivity index (χ3v) is 17.0. The van der Waals surface area contributed by atoms with E-state index >= 15 is 13.2 Å². The van der Waals surface area contributed by atoms with E-state index in [9.17, 15) is 14.4 Å². The lowest BCUT2D eigenvalue weighted by Gasteiger charge is -2.42. The minimum atomic E-state index is -1.60. The molecule has 3 aromatic heterocycles. The number of aryl methyl sites for hydroxylation is 4. The number of halogens is 3. The van der Waals surface area contributed by atoms with Crippen molar-refractivity contribution < 1.29 is 27.6 Å². The van der Waals surface area contributed by atoms with E-state index in [2.05, 4.69) is 51.5 Å². The van der Waals surface area contributed by atoms with Crippen LogP contribution in [-0.2, 0) is 29.8 Å². The van der Waals surface area contributed by atoms with Crippen molar-refractivity contribution in [2.45, 2.75) is 121 Å². The van der Waals surface area contributed by atoms with Crippen molar-refractivity contribution in [1.82, 2.24) is 29.7 Å². The summed E-state index contributed by atoms with van der Waals surface area (Å²) < 4.78 is 47.5. The van der Waals surface area contributed by atoms with Crippen LogP contribution in [0.5, 0.6) is 0 Å². The van der Waals surface area contributed by atoms with Crippen LogP contribution in [-0.4, -0.2) is 73.9 Å². The van der Waals surface area contributed by atoms with Crippen LogP contribution in [0.1, 0.15) is 132 Å². The fourth-order valence-electron chi connectivity index (χ4n) is 12.2. The van der Waals surface area contributed by atoms with Gasteiger partial charge in [-0.25, -0.2) is 27.6 Å². The van der Waals surface area contributed by atoms with E-state index in [1.165, 1.54) is 29.5 Å². The molecule has 0 spiro atoms. The molecule has 8 aromatic rings. The van der Waals surface area contributed by atoms with E-state index in [-0.39, 0.29) is 57.6 Å². The van der Waals surface area contributed by atoms with Crippen molar-refractivity contribution in [3.8, 4) is 11.1 Å². The number of likely N-dealkylation sites (tertiary alicyclic amines) is 3. The largest absolute Gasteiger partial charge is 0.351 e. The average molecular weight is 1160 g/mol. The van der Waals surface area contributed by atoms with Gasteiger partial charge in [0.1, 0.15) is 0 Å². The Morgan fingerprint density at radius 1 is 0.500 bits per heavy atom. The van der Waals surface area contributed by atoms with Gasteiger partial charge in [-0.05, 0) is 126 Å². The zero-order valence-corrected chi connectivity index (χ0v) is 49.6. The van der Waals surface area contributed by atoms with Crippen molar-refractivity contribution in [3.63, 3.8) is 0 Å². The summed E-state index contributed by atoms with van der Waals surface area (Å²) in [5.41, 5.74) is 18.9. The highest BCUT2D eigenvalue weighted by molar-refractivity contribution is 5.89. The van der Waals surface area contributed by atoms with Crippen LogP contribution in [0.3, 0.4) is 0 Å². The van der Waals surface area contributed by atoms with Crippen LogP contribution in [0.15, 0.2) is 188 Å². The summed E-state index contributed by atoms with van der Waals surface area (Å²) in [5, 5.41) is 2.92. The molecule has 6 heterocycles. The van der Waals surface area contributed by atoms with Gasteiger partial charge in [-0.3, -0.25) is 15.0 Å². The first-order valence-electron chi connectivity index (χ1n) is 29.8. The van der Waals surface area contributed by atoms with Crippen molar-refractivity contribution in [3.05, 3.63) is 250 Å². The van der Waals surface area contributed by atoms with Crippen LogP contribution < -0.4 is 16.8 Å². The molecular weight excluding hydrogens is 1080 g/mol. The molecule has 5 aromatic carbocycles. The highest BCUT2D eigenvalue weighted by Gasteiger charge is 2.47. The predicted octanol–water partition coefficient (Wildman–Crippen LogP) is 15.4. The van der Waals surface area contributed by atoms with Gasteiger partial charge in [-0.15, -0.1) is 0 Å². The minimum Gasteiger partial charge on any atom is -0.351 e. The number of piperidine rings is 3. The summed E-state index contributed by atoms with van der Waals surface area (Å²) >= 11 is 0. The number of pyridine rings is 3. The first-order valence-corrected chi connectivity index (χ1v) is 29.8. The number of benzene rings is 5. The van der Waals surface area contributed by atoms with Gasteiger partial charge in [0.05, 0.1) is 29.2 Å². The lowest BCUT2D eigenvalue weighted by Crippen LogP contribution is -2.48. The SMILES string of the molecule is CCCCc1ccc(NC(=O)N2CCC(F)(c3ncccc3C)CC2)cc1.Cc1cccnc1C1(F)CCN(C(N)=O)C(c2ccc(-c3ccccc3)cc2)C1.Cc1cccnc1C1(F)CCN(C(N)=O)C(c2ccc(Cc3ccccc3)cc2)C1. The predicted molar refractivity (Wildman–Crippen MR) is 334 cm³/mol. The molecule has 0 saturated carbocycles. The summed E-state index contributed by atoms with van der Waals surface area (Å²) in [6, 6.07) is 53.2. The Morgan fingerprint density at radius 3 is 1.36 bits per heavy atom. The molecule has 4 unspecified atom stereocenters. The molecule has 0 radical (unpaired) electrons. The molecule has 11 rings (SSSR count). The van der Waals surface area contributed by atoms with Crippen molar-refractivity contribution >= 4 is 23.8 Å². The average Bonchev–Trinajstić information content (AvgIpc) is 1.33. The molecule has 6 amide bonds. The number of aromatic nitrogens is 3. The Balaban J connectivity index is 0.000000154. The van der Waals surface area contributed by atoms with Gasteiger partial charge in [-0.2, -0.15) is 0 Å². The maximum Gasteiger partial charge on any atom is 0.321 e. The number of rotatable bonds is 12. The topological polar surface area (TPSA) is 164 Å². The van der Waals surface area contributed by atoms with E-state index in [0.29, 0.717) is 30.2 Å². The molecule has 12 nitrogen and oxygen atoms in total. The first-order chi connectivity index (χ1) is 41.5. The number of alkyl halides is 3. The van der Waals surface area contributed by atoms with Crippen molar-refractivity contribution in [2.75, 3.05) is 31.5 Å². The summed E-state index contributed by atoms with van der Waals surface area (Å²) in [6.07, 6.45) is 10.3. The monoisotopic (exact) mass is 1160 g/mol. The zero-order chi connectivity index (χ0) is 60.8. The van der Waals surface area contributed by atoms with E-state index in [0.717, 1.165) is 57.5 Å². The number of hydrogen-bond donors (Lipinski definition) is 3. The number of anilines is 1. The van der Waals surface area contributed by atoms with Crippen LogP contribution >= 0.6 is 0 Å². The molecule has 3 aliphatic rings. The molecule has 86 heavy (non-hydrogen) atoms. The normalized spacial score (nSPS) is 19.9. The molecule has 0 aliphatic carbocycles. The number of carbonyl (C=O) groups excluding carboxylic acids is 3. The Labute approximate surface area is 503 Å². The van der Waals surface area contributed by atoms with E-state index < -0.39 is 41.2 Å². The van der Waals surface area contributed by atoms with Crippen molar-refractivity contribution in [2.24, 2.45) is 11.5 Å². The maximum atomic E-state index is 16.1. The molecular formula is C71H78F3N9O3. The second-order valence-corrected chi connectivity index (χ2v) is 23.0. The molecule has 4 atom stereocenters. The standard InChI is InChI=1S/C25H26FN3O.C24H24FN3O.C22H28FN3O/c1-18-6-5-14-28-23(18)25(26)13-15-29(24(27)30)22(17-25)21-11-9-20(10-12-21)16-19-7-3-2-4-8-19;1-17-6-5-14-27-22(17)24(25)13-15-28(23(26)29)21(16-24)20-11-9-19(10-12-20)18-7-3-2-4-8-18;1-3-4-7-18-8-10-19(11-9-18)25-21(27)26-15-12-22(23,13-16-26)20-17(2)6-5-14-24-20/h2-12,14,22H,13,15-17H2,1H3,(H2,27,30);2-12,14,21H,13,15-16H2,1H3,(H2,26,29);5-6,8-11,14H,3-4,7,12-13,15-16H2,1-2H3,(H,25,27). The van der Waals surface area contributed by atoms with Gasteiger partial charge in [-0.1, -0.05) is 153 Å². The number of nitrogens with one attached hydrogen (secondary N) is 1. The first kappa shape index (κ1) is 61.7. The number of unbranched alkanes of at least 4 members (excludes halogenated alkanes) is 1. The Kier molecular flexibility index (Phi) is 20.0. The number of carbonyl (C=O) groups is 3. The summed E-state index contributed by atoms with van der Waals surface area (Å²) in [5.74, 6) is 0. The Bertz CT molecular complexity index is 3530. The van der Waals surface area contributed by atoms with Crippen LogP contribution in [0.2, 0.25) is 0 Å². The zero-order valence-electron chi connectivity index (χ0n) is 49.6. The fraction of sp³-hybridized carbons (Fsp3) is 0.324. The lowest BCUT2D eigenvalue weighted by molar-refractivity contribution is 0.0302. The third-order valence-electron chi connectivity index (χ3n) is 17.0. The summed E-state index contributed by atoms with van der Waals surface area (Å²) in [6.45, 7) is 9.08. The molecule has 0 bridgehead atoms. The van der Waals surface area contributed by atoms with Gasteiger partial charge in [0.2, 0.25) is 0 Å². The number of primary amides is 2. The van der Waals surface area contributed by atoms with Crippen LogP contribution in [0.4, 0.5) is 33.2 Å². The fourth-order valence-corrected chi connectivity index (χ4v) is 12.2. The lowest BCUT2D eigenvalue weighted by atomic mass is 9.81. The second-order valence-electron chi connectivity index (χ2n) is 23.0. The highest BCUT2D eigenvalue weighted by Crippen LogP contribution is 2.47. The Morgan fingerprint density at radius 2 is 0.907 bits per heavy atom. The highest BCUT2D eigenvalue weighted by atomic mass is 19.2. The molecule has 3 fully saturated rings. The number of amides is 6. The molecule has 15 heteroatoms. The molecule has 5 N–H and O–H groups in total. The van der Waals surface area contributed by atoms with Gasteiger partial charge < -0.3 is 31.5 Å². The molecule has 3 aliphatic heterocycles. The van der Waals surface area contributed by atoms with Gasteiger partial charge in [0, 0.05) is 89.0 Å². The van der Waals surface area contributed by atoms with Crippen molar-refractivity contribution in [1.29, 1.82) is 0 Å². The quantitative estimate of drug-likeness (QED) is 0.110. The minimum absolute atomic E-state index is 0.137. The smallest absolute Gasteiger partial charge is 0.321 e. The second kappa shape index (κ2) is 27.9. The van der Waals surface area contributed by atoms with Gasteiger partial charge in [0.25, 0.3) is 0 Å². The number of nitrogens with zero attached hydrogens (tertiary/aromatic N) is 6. The third kappa shape index (κ3) is 15.0. The molecule has 446 valence electrons. The number of hydrogen-bond acceptors (Lipinski definition) is 6. The Hall–Kier alpha value is -8.85. The maximum absolute atomic E-state index is 16.1. The summed E-state index contributed by atoms with van der Waals surface area (Å²) in [4.78, 5) is 54.3. The molecule has 3 saturated heterocycles. The number of urea groups is 3. The van der Waals surface area contributed by atoms with E-state index in [1.807, 2.05) is 160 Å². The summed E-state index contributed by atoms with van der Waals surface area (Å²) in [7, 11) is 0. The van der Waals surface area contributed by atoms with E-state index in [4.69, 9.17) is 11.5 Å². The van der Waals surface area contributed by atoms with Gasteiger partial charge >= 0.3 is 18.1 Å².